The molecule has 0 bridgehead atoms. The highest BCUT2D eigenvalue weighted by atomic mass is 32.2. The first-order valence-corrected chi connectivity index (χ1v) is 4.72. The van der Waals surface area contributed by atoms with Crippen LogP contribution in [0.3, 0.4) is 0 Å². The molecule has 0 aromatic carbocycles. The van der Waals surface area contributed by atoms with E-state index in [1.54, 1.807) is 0 Å². The molecule has 0 heterocycles. The lowest BCUT2D eigenvalue weighted by Gasteiger charge is -2.20. The van der Waals surface area contributed by atoms with Crippen molar-refractivity contribution >= 4 is 11.8 Å². The Morgan fingerprint density at radius 1 is 1.50 bits per heavy atom. The minimum Gasteiger partial charge on any atom is -0.395 e. The first-order chi connectivity index (χ1) is 4.72. The second-order valence-corrected chi connectivity index (χ2v) is 3.78. The molecule has 0 rings (SSSR count). The highest BCUT2D eigenvalue weighted by molar-refractivity contribution is 7.99. The van der Waals surface area contributed by atoms with Crippen LogP contribution in [0, 0.1) is 0 Å². The van der Waals surface area contributed by atoms with Crippen molar-refractivity contribution in [2.45, 2.75) is 13.0 Å². The van der Waals surface area contributed by atoms with Crippen LogP contribution in [0.4, 0.5) is 0 Å². The van der Waals surface area contributed by atoms with E-state index < -0.39 is 0 Å². The Morgan fingerprint density at radius 2 is 2.10 bits per heavy atom. The predicted octanol–water partition coefficient (Wildman–Crippen LogP) is 0.662. The van der Waals surface area contributed by atoms with Crippen molar-refractivity contribution in [1.29, 1.82) is 0 Å². The molecule has 0 aromatic rings. The normalized spacial score (nSPS) is 14.1. The maximum absolute atomic E-state index is 8.87. The molecule has 0 spiro atoms. The van der Waals surface area contributed by atoms with Gasteiger partial charge in [-0.15, -0.1) is 0 Å². The number of hydrogen-bond acceptors (Lipinski definition) is 3. The van der Waals surface area contributed by atoms with Crippen molar-refractivity contribution in [3.63, 3.8) is 0 Å². The topological polar surface area (TPSA) is 23.5 Å². The van der Waals surface area contributed by atoms with E-state index in [-0.39, 0.29) is 6.61 Å². The number of nitrogens with zero attached hydrogens (tertiary/aromatic N) is 1. The highest BCUT2D eigenvalue weighted by Gasteiger charge is 2.07. The van der Waals surface area contributed by atoms with Gasteiger partial charge >= 0.3 is 0 Å². The van der Waals surface area contributed by atoms with Crippen LogP contribution >= 0.6 is 11.8 Å². The number of hydrogen-bond donors (Lipinski definition) is 1. The van der Waals surface area contributed by atoms with Gasteiger partial charge in [-0.2, -0.15) is 11.8 Å². The Labute approximate surface area is 67.6 Å². The van der Waals surface area contributed by atoms with Crippen molar-refractivity contribution in [2.24, 2.45) is 0 Å². The molecule has 2 nitrogen and oxygen atoms in total. The van der Waals surface area contributed by atoms with E-state index in [1.165, 1.54) is 0 Å². The van der Waals surface area contributed by atoms with Crippen LogP contribution in [-0.4, -0.2) is 48.3 Å². The third kappa shape index (κ3) is 4.14. The van der Waals surface area contributed by atoms with Crippen molar-refractivity contribution in [2.75, 3.05) is 32.2 Å². The lowest BCUT2D eigenvalue weighted by Crippen LogP contribution is -2.33. The molecule has 0 aliphatic heterocycles. The third-order valence-electron chi connectivity index (χ3n) is 1.46. The summed E-state index contributed by atoms with van der Waals surface area (Å²) in [4.78, 5) is 2.06. The quantitative estimate of drug-likeness (QED) is 0.644. The maximum atomic E-state index is 8.87. The van der Waals surface area contributed by atoms with Crippen molar-refractivity contribution in [1.82, 2.24) is 4.90 Å². The summed E-state index contributed by atoms with van der Waals surface area (Å²) in [5, 5.41) is 8.87. The molecule has 62 valence electrons. The van der Waals surface area contributed by atoms with Gasteiger partial charge in [0.05, 0.1) is 6.61 Å². The van der Waals surface area contributed by atoms with Gasteiger partial charge in [0.15, 0.2) is 0 Å². The summed E-state index contributed by atoms with van der Waals surface area (Å²) in [6.45, 7) is 2.40. The summed E-state index contributed by atoms with van der Waals surface area (Å²) in [6, 6.07) is 0.324. The Morgan fingerprint density at radius 3 is 2.40 bits per heavy atom. The van der Waals surface area contributed by atoms with Gasteiger partial charge in [0.2, 0.25) is 0 Å². The lowest BCUT2D eigenvalue weighted by atomic mass is 10.3. The summed E-state index contributed by atoms with van der Waals surface area (Å²) in [6.07, 6.45) is 0. The number of likely N-dealkylation sites (N-methyl/N-ethyl adjacent to an activating group) is 1. The van der Waals surface area contributed by atoms with E-state index in [2.05, 4.69) is 11.8 Å². The fraction of sp³-hybridized carbons (Fsp3) is 1.00. The van der Waals surface area contributed by atoms with Crippen molar-refractivity contribution in [3.05, 3.63) is 0 Å². The zero-order valence-electron chi connectivity index (χ0n) is 7.00. The van der Waals surface area contributed by atoms with Gasteiger partial charge in [0.25, 0.3) is 0 Å². The molecule has 0 saturated heterocycles. The molecule has 1 atom stereocenters. The van der Waals surface area contributed by atoms with E-state index in [0.717, 1.165) is 11.5 Å². The molecule has 0 amide bonds. The van der Waals surface area contributed by atoms with Gasteiger partial charge in [0.1, 0.15) is 0 Å². The minimum atomic E-state index is 0.264. The molecular weight excluding hydrogens is 146 g/mol. The minimum absolute atomic E-state index is 0.264. The molecule has 3 heteroatoms. The van der Waals surface area contributed by atoms with Crippen molar-refractivity contribution in [3.8, 4) is 0 Å². The molecular formula is C7H17NOS. The van der Waals surface area contributed by atoms with Gasteiger partial charge < -0.3 is 10.0 Å². The molecule has 0 aliphatic carbocycles. The maximum Gasteiger partial charge on any atom is 0.0594 e. The summed E-state index contributed by atoms with van der Waals surface area (Å²) in [5.41, 5.74) is 0. The summed E-state index contributed by atoms with van der Waals surface area (Å²) < 4.78 is 0. The molecule has 0 radical (unpaired) electrons. The average molecular weight is 163 g/mol. The molecule has 1 N–H and O–H groups in total. The zero-order valence-corrected chi connectivity index (χ0v) is 7.82. The highest BCUT2D eigenvalue weighted by Crippen LogP contribution is 2.04. The van der Waals surface area contributed by atoms with Gasteiger partial charge in [-0.1, -0.05) is 6.92 Å². The fourth-order valence-corrected chi connectivity index (χ4v) is 1.53. The zero-order chi connectivity index (χ0) is 7.98. The number of aliphatic hydroxyl groups excluding tert-OH is 1. The van der Waals surface area contributed by atoms with Gasteiger partial charge in [-0.3, -0.25) is 0 Å². The van der Waals surface area contributed by atoms with Crippen LogP contribution in [0.15, 0.2) is 0 Å². The van der Waals surface area contributed by atoms with Crippen LogP contribution in [-0.2, 0) is 0 Å². The molecule has 0 aromatic heterocycles. The van der Waals surface area contributed by atoms with E-state index in [9.17, 15) is 0 Å². The largest absolute Gasteiger partial charge is 0.395 e. The standard InChI is InChI=1S/C7H17NOS/c1-4-10-6-7(5-9)8(2)3/h7,9H,4-6H2,1-3H3/t7-/m1/s1. The summed E-state index contributed by atoms with van der Waals surface area (Å²) in [7, 11) is 3.99. The predicted molar refractivity (Wildman–Crippen MR) is 47.6 cm³/mol. The van der Waals surface area contributed by atoms with E-state index in [4.69, 9.17) is 5.11 Å². The number of rotatable bonds is 5. The van der Waals surface area contributed by atoms with Crippen LogP contribution in [0.5, 0.6) is 0 Å². The average Bonchev–Trinajstić information content (AvgIpc) is 1.89. The second kappa shape index (κ2) is 6.01. The first-order valence-electron chi connectivity index (χ1n) is 3.57. The molecule has 0 aliphatic rings. The van der Waals surface area contributed by atoms with E-state index >= 15 is 0 Å². The molecule has 0 unspecified atom stereocenters. The lowest BCUT2D eigenvalue weighted by molar-refractivity contribution is 0.185. The fourth-order valence-electron chi connectivity index (χ4n) is 0.619. The smallest absolute Gasteiger partial charge is 0.0594 e. The molecule has 0 saturated carbocycles. The van der Waals surface area contributed by atoms with E-state index in [0.29, 0.717) is 6.04 Å². The van der Waals surface area contributed by atoms with Crippen LogP contribution < -0.4 is 0 Å². The Hall–Kier alpha value is 0.270. The van der Waals surface area contributed by atoms with Gasteiger partial charge in [-0.05, 0) is 19.8 Å². The second-order valence-electron chi connectivity index (χ2n) is 2.46. The van der Waals surface area contributed by atoms with Crippen LogP contribution in [0.2, 0.25) is 0 Å². The first kappa shape index (κ1) is 10.3. The Kier molecular flexibility index (Phi) is 6.17. The van der Waals surface area contributed by atoms with Gasteiger partial charge in [-0.25, -0.2) is 0 Å². The third-order valence-corrected chi connectivity index (χ3v) is 2.48. The Balaban J connectivity index is 3.40. The summed E-state index contributed by atoms with van der Waals surface area (Å²) in [5.74, 6) is 2.16. The van der Waals surface area contributed by atoms with Crippen molar-refractivity contribution < 1.29 is 5.11 Å². The monoisotopic (exact) mass is 163 g/mol. The Bertz CT molecular complexity index is 78.0. The van der Waals surface area contributed by atoms with Crippen LogP contribution in [0.25, 0.3) is 0 Å². The van der Waals surface area contributed by atoms with Crippen LogP contribution in [0.1, 0.15) is 6.92 Å². The van der Waals surface area contributed by atoms with E-state index in [1.807, 2.05) is 25.9 Å². The summed E-state index contributed by atoms with van der Waals surface area (Å²) >= 11 is 1.87. The van der Waals surface area contributed by atoms with Gasteiger partial charge in [0, 0.05) is 11.8 Å². The SMILES string of the molecule is CCSC[C@@H](CO)N(C)C. The number of aliphatic hydroxyl groups is 1. The molecule has 10 heavy (non-hydrogen) atoms. The number of thioether (sulfide) groups is 1. The molecule has 0 fully saturated rings.